The van der Waals surface area contributed by atoms with Crippen molar-refractivity contribution in [2.75, 3.05) is 25.2 Å². The Morgan fingerprint density at radius 1 is 1.82 bits per heavy atom. The Kier molecular flexibility index (Phi) is 3.82. The van der Waals surface area contributed by atoms with Crippen molar-refractivity contribution in [1.82, 2.24) is 15.3 Å². The lowest BCUT2D eigenvalue weighted by molar-refractivity contribution is -0.160. The molecule has 17 heavy (non-hydrogen) atoms. The Morgan fingerprint density at radius 3 is 3.18 bits per heavy atom. The normalized spacial score (nSPS) is 32.6. The van der Waals surface area contributed by atoms with E-state index in [-0.39, 0.29) is 0 Å². The van der Waals surface area contributed by atoms with Gasteiger partial charge in [0.2, 0.25) is 0 Å². The van der Waals surface area contributed by atoms with Crippen LogP contribution in [0.1, 0.15) is 0 Å². The Bertz CT molecular complexity index is 374. The summed E-state index contributed by atoms with van der Waals surface area (Å²) in [5, 5.41) is 11.1. The van der Waals surface area contributed by atoms with Crippen molar-refractivity contribution >= 4 is 35.4 Å². The monoisotopic (exact) mass is 275 g/mol. The lowest BCUT2D eigenvalue weighted by atomic mass is 10.3. The smallest absolute Gasteiger partial charge is 0.321 e. The molecule has 2 aliphatic rings. The molecule has 2 aliphatic heterocycles. The maximum atomic E-state index is 11.1. The first-order valence-electron chi connectivity index (χ1n) is 5.07. The summed E-state index contributed by atoms with van der Waals surface area (Å²) in [7, 11) is 1.81. The molecule has 0 aromatic carbocycles. The molecule has 2 atom stereocenters. The molecular formula is C9H13N3O3S2. The number of hydrogen-bond acceptors (Lipinski definition) is 7. The van der Waals surface area contributed by atoms with Gasteiger partial charge in [-0.05, 0) is 7.05 Å². The minimum atomic E-state index is -0.790. The number of rotatable bonds is 5. The van der Waals surface area contributed by atoms with Gasteiger partial charge < -0.3 is 5.11 Å². The summed E-state index contributed by atoms with van der Waals surface area (Å²) in [5.74, 6) is 2.03. The standard InChI is InChI=1S/C9H13N3O3S2/c1-10-12-6-11-7(8(14)15)5-17-9(11,12)16-4-2-3-13/h2,7,10H,4-6H2,1H3,(H,14,15)/t7?,9-/m0/s1. The van der Waals surface area contributed by atoms with Gasteiger partial charge in [0.25, 0.3) is 0 Å². The maximum Gasteiger partial charge on any atom is 0.321 e. The molecule has 2 saturated heterocycles. The van der Waals surface area contributed by atoms with Gasteiger partial charge >= 0.3 is 5.97 Å². The Labute approximate surface area is 107 Å². The molecule has 2 fully saturated rings. The Balaban J connectivity index is 2.10. The minimum absolute atomic E-state index is 0.398. The van der Waals surface area contributed by atoms with E-state index in [1.807, 2.05) is 17.0 Å². The predicted octanol–water partition coefficient (Wildman–Crippen LogP) is -0.372. The second-order valence-corrected chi connectivity index (χ2v) is 6.25. The van der Waals surface area contributed by atoms with Crippen LogP contribution in [-0.2, 0) is 9.59 Å². The fourth-order valence-electron chi connectivity index (χ4n) is 1.95. The molecule has 0 amide bonds. The van der Waals surface area contributed by atoms with Gasteiger partial charge in [-0.2, -0.15) is 5.01 Å². The minimum Gasteiger partial charge on any atom is -0.480 e. The van der Waals surface area contributed by atoms with Crippen LogP contribution in [0.25, 0.3) is 0 Å². The molecule has 0 bridgehead atoms. The zero-order valence-corrected chi connectivity index (χ0v) is 10.9. The predicted molar refractivity (Wildman–Crippen MR) is 66.9 cm³/mol. The third-order valence-corrected chi connectivity index (χ3v) is 5.98. The quantitative estimate of drug-likeness (QED) is 0.658. The van der Waals surface area contributed by atoms with E-state index in [9.17, 15) is 9.59 Å². The lowest BCUT2D eigenvalue weighted by Crippen LogP contribution is -2.73. The molecule has 94 valence electrons. The van der Waals surface area contributed by atoms with Crippen molar-refractivity contribution in [3.8, 4) is 0 Å². The SMILES string of the molecule is CNN1CN2C(C(=O)O)CS[C@]12SCC=C=O. The molecule has 0 spiro atoms. The fraction of sp³-hybridized carbons (Fsp3) is 0.667. The molecule has 6 nitrogen and oxygen atoms in total. The molecule has 2 N–H and O–H groups in total. The highest BCUT2D eigenvalue weighted by atomic mass is 32.2. The number of nitrogens with zero attached hydrogens (tertiary/aromatic N) is 2. The number of hydrazine groups is 1. The van der Waals surface area contributed by atoms with E-state index in [0.717, 1.165) is 0 Å². The Morgan fingerprint density at radius 2 is 2.59 bits per heavy atom. The van der Waals surface area contributed by atoms with Gasteiger partial charge in [-0.1, -0.05) is 0 Å². The highest BCUT2D eigenvalue weighted by molar-refractivity contribution is 8.18. The van der Waals surface area contributed by atoms with Gasteiger partial charge in [-0.3, -0.25) is 10.2 Å². The van der Waals surface area contributed by atoms with Crippen molar-refractivity contribution < 1.29 is 14.7 Å². The van der Waals surface area contributed by atoms with Crippen LogP contribution in [-0.4, -0.2) is 62.5 Å². The molecule has 0 aliphatic carbocycles. The maximum absolute atomic E-state index is 11.1. The van der Waals surface area contributed by atoms with Crippen LogP contribution >= 0.6 is 23.5 Å². The summed E-state index contributed by atoms with van der Waals surface area (Å²) < 4.78 is -0.398. The zero-order chi connectivity index (χ0) is 12.5. The summed E-state index contributed by atoms with van der Waals surface area (Å²) in [6, 6.07) is -0.447. The van der Waals surface area contributed by atoms with Crippen LogP contribution in [0.3, 0.4) is 0 Å². The first-order chi connectivity index (χ1) is 8.15. The van der Waals surface area contributed by atoms with E-state index in [1.165, 1.54) is 17.8 Å². The summed E-state index contributed by atoms with van der Waals surface area (Å²) in [6.07, 6.45) is 1.42. The average molecular weight is 275 g/mol. The molecule has 8 heteroatoms. The number of hydrogen-bond donors (Lipinski definition) is 2. The molecule has 2 heterocycles. The number of fused-ring (bicyclic) bond motifs is 1. The van der Waals surface area contributed by atoms with Crippen LogP contribution in [0, 0.1) is 0 Å². The Hall–Kier alpha value is -0.500. The van der Waals surface area contributed by atoms with Gasteiger partial charge in [0.05, 0.1) is 6.67 Å². The van der Waals surface area contributed by atoms with Crippen LogP contribution in [0.2, 0.25) is 0 Å². The van der Waals surface area contributed by atoms with Gasteiger partial charge in [0, 0.05) is 17.6 Å². The van der Waals surface area contributed by atoms with E-state index in [0.29, 0.717) is 18.2 Å². The molecular weight excluding hydrogens is 262 g/mol. The third-order valence-electron chi connectivity index (χ3n) is 2.80. The summed E-state index contributed by atoms with van der Waals surface area (Å²) in [4.78, 5) is 23.2. The topological polar surface area (TPSA) is 72.9 Å². The second kappa shape index (κ2) is 5.01. The summed E-state index contributed by atoms with van der Waals surface area (Å²) >= 11 is 3.11. The van der Waals surface area contributed by atoms with E-state index in [2.05, 4.69) is 5.43 Å². The molecule has 0 aromatic rings. The fourth-order valence-corrected chi connectivity index (χ4v) is 5.06. The van der Waals surface area contributed by atoms with E-state index >= 15 is 0 Å². The van der Waals surface area contributed by atoms with Crippen LogP contribution in [0.4, 0.5) is 0 Å². The summed E-state index contributed by atoms with van der Waals surface area (Å²) in [5.41, 5.74) is 3.04. The molecule has 2 rings (SSSR count). The van der Waals surface area contributed by atoms with Crippen molar-refractivity contribution in [2.45, 2.75) is 10.4 Å². The van der Waals surface area contributed by atoms with Gasteiger partial charge in [-0.15, -0.1) is 23.5 Å². The molecule has 0 aromatic heterocycles. The number of nitrogens with one attached hydrogen (secondary N) is 1. The second-order valence-electron chi connectivity index (χ2n) is 3.61. The van der Waals surface area contributed by atoms with Gasteiger partial charge in [-0.25, -0.2) is 9.69 Å². The number of carboxylic acids is 1. The largest absolute Gasteiger partial charge is 0.480 e. The van der Waals surface area contributed by atoms with Crippen molar-refractivity contribution in [2.24, 2.45) is 0 Å². The average Bonchev–Trinajstić information content (AvgIpc) is 2.56. The molecule has 0 saturated carbocycles. The highest BCUT2D eigenvalue weighted by Crippen LogP contribution is 2.54. The first-order valence-corrected chi connectivity index (χ1v) is 7.04. The number of carbonyl (C=O) groups is 1. The van der Waals surface area contributed by atoms with Crippen LogP contribution in [0.15, 0.2) is 6.08 Å². The van der Waals surface area contributed by atoms with Crippen LogP contribution in [0.5, 0.6) is 0 Å². The highest BCUT2D eigenvalue weighted by Gasteiger charge is 2.61. The van der Waals surface area contributed by atoms with Gasteiger partial charge in [0.1, 0.15) is 12.0 Å². The van der Waals surface area contributed by atoms with Crippen molar-refractivity contribution in [3.05, 3.63) is 6.08 Å². The number of carboxylic acid groups (broad SMARTS) is 1. The number of carbonyl (C=O) groups excluding carboxylic acids is 1. The molecule has 0 radical (unpaired) electrons. The lowest BCUT2D eigenvalue weighted by Gasteiger charge is -2.55. The van der Waals surface area contributed by atoms with E-state index < -0.39 is 16.3 Å². The van der Waals surface area contributed by atoms with E-state index in [4.69, 9.17) is 5.11 Å². The number of thioether (sulfide) groups is 2. The van der Waals surface area contributed by atoms with E-state index in [1.54, 1.807) is 17.7 Å². The zero-order valence-electron chi connectivity index (χ0n) is 9.25. The van der Waals surface area contributed by atoms with Crippen molar-refractivity contribution in [3.63, 3.8) is 0 Å². The van der Waals surface area contributed by atoms with Crippen molar-refractivity contribution in [1.29, 1.82) is 0 Å². The van der Waals surface area contributed by atoms with Crippen LogP contribution < -0.4 is 5.43 Å². The third kappa shape index (κ3) is 2.01. The first kappa shape index (κ1) is 12.9. The van der Waals surface area contributed by atoms with Gasteiger partial charge in [0.15, 0.2) is 4.33 Å². The number of aliphatic carboxylic acids is 1. The summed E-state index contributed by atoms with van der Waals surface area (Å²) in [6.45, 7) is 0.582. The molecule has 1 unspecified atom stereocenters.